The zero-order valence-electron chi connectivity index (χ0n) is 11.2. The number of nitrogens with zero attached hydrogens (tertiary/aromatic N) is 1. The van der Waals surface area contributed by atoms with E-state index in [2.05, 4.69) is 27.8 Å². The Bertz CT molecular complexity index is 333. The maximum absolute atomic E-state index is 5.76. The fourth-order valence-corrected chi connectivity index (χ4v) is 1.98. The molecule has 0 bridgehead atoms. The molecule has 0 saturated carbocycles. The molecule has 0 saturated heterocycles. The lowest BCUT2D eigenvalue weighted by atomic mass is 10.3. The van der Waals surface area contributed by atoms with Crippen LogP contribution in [0.15, 0.2) is 24.3 Å². The van der Waals surface area contributed by atoms with Crippen LogP contribution in [0.25, 0.3) is 0 Å². The van der Waals surface area contributed by atoms with Gasteiger partial charge in [0.05, 0.1) is 7.11 Å². The molecule has 0 fully saturated rings. The Kier molecular flexibility index (Phi) is 7.85. The van der Waals surface area contributed by atoms with E-state index >= 15 is 0 Å². The number of halogens is 1. The summed E-state index contributed by atoms with van der Waals surface area (Å²) in [6.07, 6.45) is 1.17. The van der Waals surface area contributed by atoms with Gasteiger partial charge in [0.25, 0.3) is 0 Å². The number of likely N-dealkylation sites (N-methyl/N-ethyl adjacent to an activating group) is 1. The van der Waals surface area contributed by atoms with E-state index in [-0.39, 0.29) is 0 Å². The molecule has 0 heterocycles. The van der Waals surface area contributed by atoms with Crippen LogP contribution in [0.4, 0.5) is 0 Å². The van der Waals surface area contributed by atoms with Gasteiger partial charge in [-0.05, 0) is 31.6 Å². The zero-order chi connectivity index (χ0) is 13.2. The van der Waals surface area contributed by atoms with Gasteiger partial charge in [-0.1, -0.05) is 35.0 Å². The molecule has 0 aliphatic carbocycles. The summed E-state index contributed by atoms with van der Waals surface area (Å²) in [7, 11) is 1.66. The Labute approximate surface area is 118 Å². The number of benzene rings is 1. The second kappa shape index (κ2) is 9.22. The van der Waals surface area contributed by atoms with Gasteiger partial charge in [-0.3, -0.25) is 0 Å². The number of ether oxygens (including phenoxy) is 2. The third-order valence-corrected chi connectivity index (χ3v) is 3.35. The molecule has 102 valence electrons. The van der Waals surface area contributed by atoms with Crippen molar-refractivity contribution >= 4 is 15.9 Å². The molecule has 0 amide bonds. The predicted octanol–water partition coefficient (Wildman–Crippen LogP) is 3.18. The summed E-state index contributed by atoms with van der Waals surface area (Å²) in [5.41, 5.74) is 0. The van der Waals surface area contributed by atoms with Crippen LogP contribution in [0.3, 0.4) is 0 Å². The van der Waals surface area contributed by atoms with E-state index in [9.17, 15) is 0 Å². The van der Waals surface area contributed by atoms with Gasteiger partial charge < -0.3 is 14.4 Å². The lowest BCUT2D eigenvalue weighted by Gasteiger charge is -2.20. The molecule has 3 nitrogen and oxygen atoms in total. The lowest BCUT2D eigenvalue weighted by Crippen LogP contribution is -2.29. The first-order valence-corrected chi connectivity index (χ1v) is 7.48. The van der Waals surface area contributed by atoms with Crippen molar-refractivity contribution in [2.45, 2.75) is 13.3 Å². The number of para-hydroxylation sites is 2. The monoisotopic (exact) mass is 315 g/mol. The molecule has 18 heavy (non-hydrogen) atoms. The van der Waals surface area contributed by atoms with Crippen molar-refractivity contribution in [3.8, 4) is 11.5 Å². The lowest BCUT2D eigenvalue weighted by molar-refractivity contribution is 0.211. The summed E-state index contributed by atoms with van der Waals surface area (Å²) >= 11 is 3.46. The number of alkyl halides is 1. The quantitative estimate of drug-likeness (QED) is 0.653. The van der Waals surface area contributed by atoms with Crippen LogP contribution >= 0.6 is 15.9 Å². The molecule has 1 rings (SSSR count). The summed E-state index contributed by atoms with van der Waals surface area (Å²) in [6, 6.07) is 7.76. The molecular formula is C14H22BrNO2. The maximum Gasteiger partial charge on any atom is 0.161 e. The highest BCUT2D eigenvalue weighted by atomic mass is 79.9. The third kappa shape index (κ3) is 5.27. The molecule has 1 aromatic carbocycles. The summed E-state index contributed by atoms with van der Waals surface area (Å²) < 4.78 is 11.0. The van der Waals surface area contributed by atoms with Crippen molar-refractivity contribution in [3.05, 3.63) is 24.3 Å². The second-order valence-corrected chi connectivity index (χ2v) is 4.77. The highest BCUT2D eigenvalue weighted by Crippen LogP contribution is 2.25. The van der Waals surface area contributed by atoms with Crippen LogP contribution in [0.5, 0.6) is 11.5 Å². The molecule has 0 unspecified atom stereocenters. The second-order valence-electron chi connectivity index (χ2n) is 3.98. The van der Waals surface area contributed by atoms with Gasteiger partial charge in [0.2, 0.25) is 0 Å². The van der Waals surface area contributed by atoms with Crippen LogP contribution in [-0.2, 0) is 0 Å². The van der Waals surface area contributed by atoms with Crippen molar-refractivity contribution in [1.82, 2.24) is 4.90 Å². The van der Waals surface area contributed by atoms with Crippen molar-refractivity contribution in [2.24, 2.45) is 0 Å². The first kappa shape index (κ1) is 15.3. The van der Waals surface area contributed by atoms with Gasteiger partial charge in [-0.2, -0.15) is 0 Å². The summed E-state index contributed by atoms with van der Waals surface area (Å²) in [4.78, 5) is 2.39. The molecule has 0 radical (unpaired) electrons. The van der Waals surface area contributed by atoms with Crippen LogP contribution in [0.2, 0.25) is 0 Å². The van der Waals surface area contributed by atoms with E-state index in [0.29, 0.717) is 6.61 Å². The summed E-state index contributed by atoms with van der Waals surface area (Å²) in [6.45, 7) is 5.98. The number of hydrogen-bond donors (Lipinski definition) is 0. The Morgan fingerprint density at radius 1 is 1.17 bits per heavy atom. The summed E-state index contributed by atoms with van der Waals surface area (Å²) in [5.74, 6) is 1.61. The van der Waals surface area contributed by atoms with Crippen LogP contribution in [0.1, 0.15) is 13.3 Å². The Morgan fingerprint density at radius 2 is 1.89 bits per heavy atom. The van der Waals surface area contributed by atoms with Crippen molar-refractivity contribution in [3.63, 3.8) is 0 Å². The molecule has 0 N–H and O–H groups in total. The minimum absolute atomic E-state index is 0.691. The minimum Gasteiger partial charge on any atom is -0.493 e. The normalized spacial score (nSPS) is 10.7. The molecule has 0 aliphatic rings. The molecule has 0 atom stereocenters. The smallest absolute Gasteiger partial charge is 0.161 e. The molecule has 0 spiro atoms. The van der Waals surface area contributed by atoms with E-state index in [1.54, 1.807) is 7.11 Å². The third-order valence-electron chi connectivity index (χ3n) is 2.79. The van der Waals surface area contributed by atoms with Crippen LogP contribution < -0.4 is 9.47 Å². The highest BCUT2D eigenvalue weighted by molar-refractivity contribution is 9.09. The number of rotatable bonds is 9. The molecule has 0 aromatic heterocycles. The van der Waals surface area contributed by atoms with E-state index in [0.717, 1.165) is 36.5 Å². The fourth-order valence-electron chi connectivity index (χ4n) is 1.73. The average Bonchev–Trinajstić information content (AvgIpc) is 2.43. The number of methoxy groups -OCH3 is 1. The standard InChI is InChI=1S/C14H22BrNO2/c1-3-16(10-6-9-15)11-12-18-14-8-5-4-7-13(14)17-2/h4-5,7-8H,3,6,9-12H2,1-2H3. The Balaban J connectivity index is 2.35. The van der Waals surface area contributed by atoms with Crippen molar-refractivity contribution in [2.75, 3.05) is 38.7 Å². The maximum atomic E-state index is 5.76. The van der Waals surface area contributed by atoms with E-state index in [1.165, 1.54) is 6.42 Å². The first-order chi connectivity index (χ1) is 8.81. The highest BCUT2D eigenvalue weighted by Gasteiger charge is 2.05. The SMILES string of the molecule is CCN(CCCBr)CCOc1ccccc1OC. The van der Waals surface area contributed by atoms with Gasteiger partial charge in [-0.25, -0.2) is 0 Å². The van der Waals surface area contributed by atoms with Gasteiger partial charge in [0.1, 0.15) is 6.61 Å². The first-order valence-electron chi connectivity index (χ1n) is 6.36. The van der Waals surface area contributed by atoms with E-state index in [4.69, 9.17) is 9.47 Å². The molecule has 1 aromatic rings. The van der Waals surface area contributed by atoms with E-state index < -0.39 is 0 Å². The summed E-state index contributed by atoms with van der Waals surface area (Å²) in [5, 5.41) is 1.05. The number of hydrogen-bond acceptors (Lipinski definition) is 3. The van der Waals surface area contributed by atoms with Crippen molar-refractivity contribution in [1.29, 1.82) is 0 Å². The molecular weight excluding hydrogens is 294 g/mol. The largest absolute Gasteiger partial charge is 0.493 e. The Morgan fingerprint density at radius 3 is 2.50 bits per heavy atom. The van der Waals surface area contributed by atoms with Crippen LogP contribution in [0, 0.1) is 0 Å². The minimum atomic E-state index is 0.691. The topological polar surface area (TPSA) is 21.7 Å². The Hall–Kier alpha value is -0.740. The van der Waals surface area contributed by atoms with Gasteiger partial charge in [0.15, 0.2) is 11.5 Å². The van der Waals surface area contributed by atoms with Gasteiger partial charge in [0, 0.05) is 11.9 Å². The van der Waals surface area contributed by atoms with E-state index in [1.807, 2.05) is 24.3 Å². The van der Waals surface area contributed by atoms with Gasteiger partial charge in [-0.15, -0.1) is 0 Å². The van der Waals surface area contributed by atoms with Crippen molar-refractivity contribution < 1.29 is 9.47 Å². The fraction of sp³-hybridized carbons (Fsp3) is 0.571. The van der Waals surface area contributed by atoms with Gasteiger partial charge >= 0.3 is 0 Å². The average molecular weight is 316 g/mol. The molecule has 4 heteroatoms. The zero-order valence-corrected chi connectivity index (χ0v) is 12.8. The van der Waals surface area contributed by atoms with Crippen LogP contribution in [-0.4, -0.2) is 43.6 Å². The molecule has 0 aliphatic heterocycles. The predicted molar refractivity (Wildman–Crippen MR) is 79.0 cm³/mol.